The number of ketones is 1. The van der Waals surface area contributed by atoms with Crippen LogP contribution in [0, 0.1) is 11.8 Å². The van der Waals surface area contributed by atoms with Crippen molar-refractivity contribution in [2.75, 3.05) is 25.0 Å². The van der Waals surface area contributed by atoms with E-state index in [-0.39, 0.29) is 5.78 Å². The smallest absolute Gasteiger partial charge is 0.208 e. The maximum absolute atomic E-state index is 13.2. The number of Topliss-reactive ketones (excluding diaryl/α,β-unsaturated/α-hetero) is 1. The van der Waals surface area contributed by atoms with Gasteiger partial charge < -0.3 is 9.88 Å². The van der Waals surface area contributed by atoms with Gasteiger partial charge in [-0.05, 0) is 57.2 Å². The summed E-state index contributed by atoms with van der Waals surface area (Å²) < 4.78 is 0. The Morgan fingerprint density at radius 3 is 2.61 bits per heavy atom. The Kier molecular flexibility index (Phi) is 7.49. The van der Waals surface area contributed by atoms with Crippen LogP contribution in [0.1, 0.15) is 62.3 Å². The number of aromatic amines is 1. The van der Waals surface area contributed by atoms with E-state index in [2.05, 4.69) is 90.2 Å². The molecule has 0 bridgehead atoms. The molecule has 4 rings (SSSR count). The molecule has 1 unspecified atom stereocenters. The van der Waals surface area contributed by atoms with Gasteiger partial charge in [-0.2, -0.15) is 0 Å². The molecule has 0 radical (unpaired) electrons. The van der Waals surface area contributed by atoms with Crippen LogP contribution in [-0.2, 0) is 6.42 Å². The zero-order chi connectivity index (χ0) is 23.5. The topological polar surface area (TPSA) is 65.1 Å². The molecule has 6 nitrogen and oxygen atoms in total. The van der Waals surface area contributed by atoms with Crippen LogP contribution in [0.25, 0.3) is 10.9 Å². The minimum absolute atomic E-state index is 0.127. The van der Waals surface area contributed by atoms with Gasteiger partial charge in [-0.25, -0.2) is 0 Å². The maximum Gasteiger partial charge on any atom is 0.208 e. The summed E-state index contributed by atoms with van der Waals surface area (Å²) in [6, 6.07) is 9.31. The summed E-state index contributed by atoms with van der Waals surface area (Å²) in [6.07, 6.45) is 5.70. The minimum atomic E-state index is 0.127. The van der Waals surface area contributed by atoms with Gasteiger partial charge in [0.05, 0.1) is 0 Å². The molecule has 1 N–H and O–H groups in total. The van der Waals surface area contributed by atoms with E-state index in [4.69, 9.17) is 0 Å². The number of fused-ring (bicyclic) bond motifs is 1. The van der Waals surface area contributed by atoms with Crippen LogP contribution in [0.5, 0.6) is 0 Å². The lowest BCUT2D eigenvalue weighted by Crippen LogP contribution is -2.55. The number of aromatic nitrogens is 3. The SMILES string of the molecule is CC(C)CCC(CC(=O)c1nnc(N2C[C@@H](C)N(C)[C@@H](C)C2)s1)Cc1c[nH]c2ccccc12. The van der Waals surface area contributed by atoms with E-state index < -0.39 is 0 Å². The third-order valence-corrected chi connectivity index (χ3v) is 8.12. The number of H-pyrrole nitrogens is 1. The molecule has 0 spiro atoms. The van der Waals surface area contributed by atoms with Gasteiger partial charge in [0.2, 0.25) is 5.13 Å². The highest BCUT2D eigenvalue weighted by atomic mass is 32.1. The first kappa shape index (κ1) is 23.9. The fraction of sp³-hybridized carbons (Fsp3) is 0.577. The highest BCUT2D eigenvalue weighted by Gasteiger charge is 2.29. The van der Waals surface area contributed by atoms with Crippen molar-refractivity contribution in [3.63, 3.8) is 0 Å². The van der Waals surface area contributed by atoms with Crippen molar-refractivity contribution in [2.45, 2.75) is 65.5 Å². The quantitative estimate of drug-likeness (QED) is 0.426. The van der Waals surface area contributed by atoms with E-state index >= 15 is 0 Å². The zero-order valence-corrected chi connectivity index (χ0v) is 21.4. The lowest BCUT2D eigenvalue weighted by Gasteiger charge is -2.42. The number of likely N-dealkylation sites (N-methyl/N-ethyl adjacent to an activating group) is 1. The molecule has 3 heterocycles. The summed E-state index contributed by atoms with van der Waals surface area (Å²) in [7, 11) is 2.17. The predicted octanol–water partition coefficient (Wildman–Crippen LogP) is 5.42. The zero-order valence-electron chi connectivity index (χ0n) is 20.5. The highest BCUT2D eigenvalue weighted by Crippen LogP contribution is 2.29. The second-order valence-corrected chi connectivity index (χ2v) is 11.1. The number of rotatable bonds is 9. The van der Waals surface area contributed by atoms with Crippen molar-refractivity contribution in [2.24, 2.45) is 11.8 Å². The van der Waals surface area contributed by atoms with Gasteiger partial charge in [0.1, 0.15) is 0 Å². The van der Waals surface area contributed by atoms with Gasteiger partial charge in [0.15, 0.2) is 10.8 Å². The standard InChI is InChI=1S/C26H37N5OS/c1-17(2)10-11-20(12-21-14-27-23-9-7-6-8-22(21)23)13-24(32)25-28-29-26(33-25)31-15-18(3)30(5)19(4)16-31/h6-9,14,17-20,27H,10-13,15-16H2,1-5H3/t18-,19+,20?. The van der Waals surface area contributed by atoms with Crippen LogP contribution in [0.3, 0.4) is 0 Å². The van der Waals surface area contributed by atoms with Gasteiger partial charge in [0.25, 0.3) is 0 Å². The Balaban J connectivity index is 1.45. The average molecular weight is 468 g/mol. The minimum Gasteiger partial charge on any atom is -0.361 e. The average Bonchev–Trinajstić information content (AvgIpc) is 3.43. The molecular formula is C26H37N5OS. The molecule has 7 heteroatoms. The van der Waals surface area contributed by atoms with Crippen LogP contribution < -0.4 is 4.90 Å². The lowest BCUT2D eigenvalue weighted by molar-refractivity contribution is 0.0956. The van der Waals surface area contributed by atoms with Crippen LogP contribution in [-0.4, -0.2) is 58.1 Å². The fourth-order valence-corrected chi connectivity index (χ4v) is 5.63. The molecule has 3 atom stereocenters. The van der Waals surface area contributed by atoms with Gasteiger partial charge in [-0.1, -0.05) is 49.8 Å². The molecule has 0 saturated carbocycles. The third kappa shape index (κ3) is 5.64. The normalized spacial score (nSPS) is 20.6. The molecular weight excluding hydrogens is 430 g/mol. The number of piperazine rings is 1. The highest BCUT2D eigenvalue weighted by molar-refractivity contribution is 7.17. The van der Waals surface area contributed by atoms with Gasteiger partial charge in [-0.3, -0.25) is 9.69 Å². The summed E-state index contributed by atoms with van der Waals surface area (Å²) in [6.45, 7) is 10.8. The predicted molar refractivity (Wildman–Crippen MR) is 137 cm³/mol. The summed E-state index contributed by atoms with van der Waals surface area (Å²) in [5, 5.41) is 11.4. The molecule has 1 aliphatic rings. The largest absolute Gasteiger partial charge is 0.361 e. The van der Waals surface area contributed by atoms with Crippen LogP contribution >= 0.6 is 11.3 Å². The van der Waals surface area contributed by atoms with Crippen molar-refractivity contribution >= 4 is 33.2 Å². The number of carbonyl (C=O) groups excluding carboxylic acids is 1. The number of anilines is 1. The fourth-order valence-electron chi connectivity index (χ4n) is 4.82. The number of carbonyl (C=O) groups is 1. The molecule has 1 aromatic carbocycles. The molecule has 178 valence electrons. The van der Waals surface area contributed by atoms with Crippen molar-refractivity contribution in [1.29, 1.82) is 0 Å². The summed E-state index contributed by atoms with van der Waals surface area (Å²) in [4.78, 5) is 21.3. The molecule has 0 amide bonds. The number of benzene rings is 1. The lowest BCUT2D eigenvalue weighted by atomic mass is 9.88. The van der Waals surface area contributed by atoms with Gasteiger partial charge in [0, 0.05) is 48.7 Å². The Labute approximate surface area is 201 Å². The Bertz CT molecular complexity index is 1060. The van der Waals surface area contributed by atoms with E-state index in [0.717, 1.165) is 43.0 Å². The molecule has 1 aliphatic heterocycles. The molecule has 33 heavy (non-hydrogen) atoms. The summed E-state index contributed by atoms with van der Waals surface area (Å²) >= 11 is 1.46. The summed E-state index contributed by atoms with van der Waals surface area (Å²) in [5.41, 5.74) is 2.45. The first-order valence-electron chi connectivity index (χ1n) is 12.2. The Morgan fingerprint density at radius 2 is 1.88 bits per heavy atom. The maximum atomic E-state index is 13.2. The van der Waals surface area contributed by atoms with E-state index in [9.17, 15) is 4.79 Å². The molecule has 2 aromatic heterocycles. The molecule has 1 saturated heterocycles. The van der Waals surface area contributed by atoms with E-state index in [0.29, 0.717) is 35.3 Å². The monoisotopic (exact) mass is 467 g/mol. The second kappa shape index (κ2) is 10.3. The number of nitrogens with one attached hydrogen (secondary N) is 1. The molecule has 3 aromatic rings. The van der Waals surface area contributed by atoms with Crippen molar-refractivity contribution in [1.82, 2.24) is 20.1 Å². The second-order valence-electron chi connectivity index (χ2n) is 10.2. The van der Waals surface area contributed by atoms with E-state index in [1.165, 1.54) is 22.3 Å². The number of nitrogens with zero attached hydrogens (tertiary/aromatic N) is 4. The van der Waals surface area contributed by atoms with Crippen molar-refractivity contribution in [3.05, 3.63) is 41.0 Å². The van der Waals surface area contributed by atoms with Crippen LogP contribution in [0.2, 0.25) is 0 Å². The first-order valence-corrected chi connectivity index (χ1v) is 13.0. The van der Waals surface area contributed by atoms with Crippen molar-refractivity contribution < 1.29 is 4.79 Å². The Hall–Kier alpha value is -2.25. The first-order chi connectivity index (χ1) is 15.8. The number of para-hydroxylation sites is 1. The number of hydrogen-bond donors (Lipinski definition) is 1. The molecule has 1 fully saturated rings. The van der Waals surface area contributed by atoms with Gasteiger partial charge >= 0.3 is 0 Å². The Morgan fingerprint density at radius 1 is 1.15 bits per heavy atom. The van der Waals surface area contributed by atoms with E-state index in [1.54, 1.807) is 0 Å². The third-order valence-electron chi connectivity index (χ3n) is 7.09. The van der Waals surface area contributed by atoms with Crippen LogP contribution in [0.15, 0.2) is 30.5 Å². The number of hydrogen-bond acceptors (Lipinski definition) is 6. The van der Waals surface area contributed by atoms with E-state index in [1.807, 2.05) is 0 Å². The van der Waals surface area contributed by atoms with Gasteiger partial charge in [-0.15, -0.1) is 10.2 Å². The summed E-state index contributed by atoms with van der Waals surface area (Å²) in [5.74, 6) is 1.05. The van der Waals surface area contributed by atoms with Crippen LogP contribution in [0.4, 0.5) is 5.13 Å². The van der Waals surface area contributed by atoms with Crippen molar-refractivity contribution in [3.8, 4) is 0 Å². The molecule has 0 aliphatic carbocycles.